The molecule has 1 aromatic carbocycles. The minimum atomic E-state index is -2.21. The van der Waals surface area contributed by atoms with Crippen LogP contribution in [0, 0.1) is 0 Å². The van der Waals surface area contributed by atoms with E-state index in [1.54, 1.807) is 0 Å². The van der Waals surface area contributed by atoms with Gasteiger partial charge in [-0.2, -0.15) is 0 Å². The number of hydrogen-bond acceptors (Lipinski definition) is 8. The molecular formula is C19H25NO8. The van der Waals surface area contributed by atoms with E-state index in [2.05, 4.69) is 5.32 Å². The predicted octanol–water partition coefficient (Wildman–Crippen LogP) is -0.323. The second kappa shape index (κ2) is 9.24. The first kappa shape index (κ1) is 22.0. The zero-order valence-electron chi connectivity index (χ0n) is 16.0. The average Bonchev–Trinajstić information content (AvgIpc) is 2.62. The van der Waals surface area contributed by atoms with Gasteiger partial charge in [-0.05, 0) is 12.5 Å². The Kier molecular flexibility index (Phi) is 7.25. The van der Waals surface area contributed by atoms with E-state index >= 15 is 0 Å². The van der Waals surface area contributed by atoms with E-state index < -0.39 is 47.8 Å². The Bertz CT molecular complexity index is 709. The molecule has 2 rings (SSSR count). The summed E-state index contributed by atoms with van der Waals surface area (Å²) < 4.78 is 16.1. The molecule has 1 aromatic rings. The molecule has 3 N–H and O–H groups in total. The summed E-state index contributed by atoms with van der Waals surface area (Å²) in [7, 11) is 0. The summed E-state index contributed by atoms with van der Waals surface area (Å²) in [4.78, 5) is 35.6. The van der Waals surface area contributed by atoms with Crippen LogP contribution in [0.2, 0.25) is 0 Å². The summed E-state index contributed by atoms with van der Waals surface area (Å²) in [5.74, 6) is -2.21. The highest BCUT2D eigenvalue weighted by atomic mass is 16.6. The number of Topliss-reactive ketones (excluding diaryl/α,β-unsaturated/α-hetero) is 1. The first-order valence-electron chi connectivity index (χ1n) is 8.79. The molecule has 0 radical (unpaired) electrons. The Morgan fingerprint density at radius 3 is 2.32 bits per heavy atom. The number of ether oxygens (including phenoxy) is 3. The topological polar surface area (TPSA) is 131 Å². The van der Waals surface area contributed by atoms with Crippen molar-refractivity contribution in [2.24, 2.45) is 0 Å². The van der Waals surface area contributed by atoms with Crippen molar-refractivity contribution < 1.29 is 38.8 Å². The van der Waals surface area contributed by atoms with Crippen molar-refractivity contribution in [1.29, 1.82) is 0 Å². The van der Waals surface area contributed by atoms with Gasteiger partial charge in [-0.1, -0.05) is 30.3 Å². The molecule has 1 aliphatic rings. The van der Waals surface area contributed by atoms with E-state index in [9.17, 15) is 24.6 Å². The van der Waals surface area contributed by atoms with Crippen molar-refractivity contribution >= 4 is 17.7 Å². The fourth-order valence-electron chi connectivity index (χ4n) is 3.26. The quantitative estimate of drug-likeness (QED) is 0.535. The fourth-order valence-corrected chi connectivity index (χ4v) is 3.26. The van der Waals surface area contributed by atoms with Gasteiger partial charge in [-0.15, -0.1) is 0 Å². The molecule has 1 heterocycles. The summed E-state index contributed by atoms with van der Waals surface area (Å²) in [6.45, 7) is 3.34. The lowest BCUT2D eigenvalue weighted by atomic mass is 9.79. The van der Waals surface area contributed by atoms with Gasteiger partial charge in [-0.25, -0.2) is 0 Å². The van der Waals surface area contributed by atoms with Gasteiger partial charge in [0.1, 0.15) is 18.2 Å². The van der Waals surface area contributed by atoms with Gasteiger partial charge in [0.2, 0.25) is 11.5 Å². The fraction of sp³-hybridized carbons (Fsp3) is 0.526. The number of benzene rings is 1. The van der Waals surface area contributed by atoms with Gasteiger partial charge in [0.15, 0.2) is 12.1 Å². The largest absolute Gasteiger partial charge is 0.446 e. The van der Waals surface area contributed by atoms with Gasteiger partial charge in [0, 0.05) is 13.8 Å². The van der Waals surface area contributed by atoms with E-state index in [1.807, 2.05) is 30.3 Å². The van der Waals surface area contributed by atoms with Crippen LogP contribution in [0.25, 0.3) is 0 Å². The molecule has 1 fully saturated rings. The summed E-state index contributed by atoms with van der Waals surface area (Å²) in [6, 6.07) is 7.75. The number of rotatable bonds is 7. The van der Waals surface area contributed by atoms with E-state index in [0.717, 1.165) is 26.3 Å². The monoisotopic (exact) mass is 395 g/mol. The van der Waals surface area contributed by atoms with Crippen molar-refractivity contribution in [2.75, 3.05) is 6.61 Å². The molecule has 154 valence electrons. The molecule has 0 aromatic heterocycles. The van der Waals surface area contributed by atoms with E-state index in [4.69, 9.17) is 14.2 Å². The zero-order chi connectivity index (χ0) is 20.9. The highest BCUT2D eigenvalue weighted by molar-refractivity contribution is 5.90. The number of carbonyl (C=O) groups is 3. The summed E-state index contributed by atoms with van der Waals surface area (Å²) >= 11 is 0. The van der Waals surface area contributed by atoms with E-state index in [-0.39, 0.29) is 13.2 Å². The van der Waals surface area contributed by atoms with Crippen molar-refractivity contribution in [2.45, 2.75) is 57.5 Å². The van der Waals surface area contributed by atoms with Crippen molar-refractivity contribution in [1.82, 2.24) is 5.32 Å². The molecule has 1 aliphatic heterocycles. The van der Waals surface area contributed by atoms with Gasteiger partial charge < -0.3 is 29.7 Å². The summed E-state index contributed by atoms with van der Waals surface area (Å²) in [6.07, 6.45) is -4.56. The van der Waals surface area contributed by atoms with Crippen LogP contribution in [-0.4, -0.2) is 64.6 Å². The van der Waals surface area contributed by atoms with Crippen LogP contribution < -0.4 is 5.32 Å². The smallest absolute Gasteiger partial charge is 0.303 e. The predicted molar refractivity (Wildman–Crippen MR) is 95.8 cm³/mol. The summed E-state index contributed by atoms with van der Waals surface area (Å²) in [5.41, 5.74) is -1.34. The highest BCUT2D eigenvalue weighted by Crippen LogP contribution is 2.34. The Hall–Kier alpha value is -2.33. The molecule has 1 amide bonds. The number of aliphatic hydroxyl groups excluding tert-OH is 2. The van der Waals surface area contributed by atoms with Gasteiger partial charge in [0.05, 0.1) is 13.2 Å². The molecule has 1 saturated heterocycles. The second-order valence-electron chi connectivity index (χ2n) is 6.63. The van der Waals surface area contributed by atoms with Crippen molar-refractivity contribution in [3.63, 3.8) is 0 Å². The van der Waals surface area contributed by atoms with Crippen LogP contribution in [0.4, 0.5) is 0 Å². The van der Waals surface area contributed by atoms with Crippen LogP contribution >= 0.6 is 0 Å². The lowest BCUT2D eigenvalue weighted by molar-refractivity contribution is -0.285. The first-order valence-corrected chi connectivity index (χ1v) is 8.79. The molecule has 5 atom stereocenters. The Balaban J connectivity index is 2.24. The molecule has 9 heteroatoms. The normalized spacial score (nSPS) is 29.8. The molecule has 0 saturated carbocycles. The maximum absolute atomic E-state index is 12.4. The molecule has 0 unspecified atom stereocenters. The van der Waals surface area contributed by atoms with Crippen LogP contribution in [0.5, 0.6) is 0 Å². The lowest BCUT2D eigenvalue weighted by Crippen LogP contribution is -2.75. The number of carbonyl (C=O) groups excluding carboxylic acids is 3. The highest BCUT2D eigenvalue weighted by Gasteiger charge is 2.62. The van der Waals surface area contributed by atoms with Crippen molar-refractivity contribution in [3.05, 3.63) is 35.9 Å². The maximum Gasteiger partial charge on any atom is 0.303 e. The zero-order valence-corrected chi connectivity index (χ0v) is 16.0. The van der Waals surface area contributed by atoms with Gasteiger partial charge in [-0.3, -0.25) is 14.4 Å². The van der Waals surface area contributed by atoms with Crippen LogP contribution in [0.15, 0.2) is 30.3 Å². The average molecular weight is 395 g/mol. The molecule has 0 bridgehead atoms. The molecule has 28 heavy (non-hydrogen) atoms. The van der Waals surface area contributed by atoms with Gasteiger partial charge in [0.25, 0.3) is 0 Å². The SMILES string of the molecule is CC(=O)N[C@@H]1[C@@H](O)O[C@H](COCc2ccccc2)[C@@H](O)[C@@]1(OC(C)=O)C(C)=O. The standard InChI is InChI=1S/C19H25NO8/c1-11(21)19(28-13(3)23)16(20-12(2)22)18(25)27-15(17(19)24)10-26-9-14-7-5-4-6-8-14/h4-8,15-18,24-25H,9-10H2,1-3H3,(H,20,22)/t15-,16-,17-,18+,19-/m1/s1. The number of aliphatic hydroxyl groups is 2. The third-order valence-electron chi connectivity index (χ3n) is 4.47. The van der Waals surface area contributed by atoms with E-state index in [0.29, 0.717) is 0 Å². The Morgan fingerprint density at radius 2 is 1.79 bits per heavy atom. The second-order valence-corrected chi connectivity index (χ2v) is 6.63. The number of esters is 1. The minimum Gasteiger partial charge on any atom is -0.446 e. The van der Waals surface area contributed by atoms with Crippen LogP contribution in [-0.2, 0) is 35.2 Å². The van der Waals surface area contributed by atoms with Gasteiger partial charge >= 0.3 is 5.97 Å². The van der Waals surface area contributed by atoms with Crippen LogP contribution in [0.3, 0.4) is 0 Å². The third-order valence-corrected chi connectivity index (χ3v) is 4.47. The maximum atomic E-state index is 12.4. The Morgan fingerprint density at radius 1 is 1.14 bits per heavy atom. The number of amides is 1. The number of hydrogen-bond donors (Lipinski definition) is 3. The molecular weight excluding hydrogens is 370 g/mol. The Labute approximate surface area is 162 Å². The van der Waals surface area contributed by atoms with Crippen LogP contribution in [0.1, 0.15) is 26.3 Å². The molecule has 9 nitrogen and oxygen atoms in total. The minimum absolute atomic E-state index is 0.184. The third kappa shape index (κ3) is 4.74. The first-order chi connectivity index (χ1) is 13.2. The molecule has 0 spiro atoms. The number of nitrogens with one attached hydrogen (secondary N) is 1. The number of ketones is 1. The molecule has 0 aliphatic carbocycles. The van der Waals surface area contributed by atoms with E-state index in [1.165, 1.54) is 0 Å². The lowest BCUT2D eigenvalue weighted by Gasteiger charge is -2.49. The summed E-state index contributed by atoms with van der Waals surface area (Å²) in [5, 5.41) is 23.5. The van der Waals surface area contributed by atoms with Crippen molar-refractivity contribution in [3.8, 4) is 0 Å².